The van der Waals surface area contributed by atoms with Gasteiger partial charge in [0, 0.05) is 18.5 Å². The van der Waals surface area contributed by atoms with Gasteiger partial charge in [0.15, 0.2) is 0 Å². The van der Waals surface area contributed by atoms with Crippen LogP contribution in [-0.4, -0.2) is 22.8 Å². The molecule has 0 spiro atoms. The first-order valence-corrected chi connectivity index (χ1v) is 7.15. The molecule has 1 aromatic carbocycles. The van der Waals surface area contributed by atoms with E-state index >= 15 is 0 Å². The minimum Gasteiger partial charge on any atom is -0.389 e. The van der Waals surface area contributed by atoms with Crippen LogP contribution in [0.3, 0.4) is 0 Å². The number of benzene rings is 1. The maximum atomic E-state index is 10.9. The first kappa shape index (κ1) is 12.7. The largest absolute Gasteiger partial charge is 0.389 e. The van der Waals surface area contributed by atoms with Gasteiger partial charge in [-0.15, -0.1) is 0 Å². The van der Waals surface area contributed by atoms with Crippen molar-refractivity contribution in [2.24, 2.45) is 0 Å². The molecule has 19 heavy (non-hydrogen) atoms. The molecule has 3 heteroatoms. The van der Waals surface area contributed by atoms with Gasteiger partial charge in [-0.2, -0.15) is 5.26 Å². The summed E-state index contributed by atoms with van der Waals surface area (Å²) in [5.74, 6) is 0. The predicted octanol–water partition coefficient (Wildman–Crippen LogP) is 2.14. The van der Waals surface area contributed by atoms with E-state index in [0.717, 1.165) is 18.4 Å². The van der Waals surface area contributed by atoms with E-state index in [1.807, 2.05) is 24.3 Å². The fourth-order valence-corrected chi connectivity index (χ4v) is 3.72. The monoisotopic (exact) mass is 256 g/mol. The summed E-state index contributed by atoms with van der Waals surface area (Å²) in [5.41, 5.74) is 1.03. The smallest absolute Gasteiger partial charge is 0.0994 e. The average molecular weight is 256 g/mol. The lowest BCUT2D eigenvalue weighted by Crippen LogP contribution is -2.56. The lowest BCUT2D eigenvalue weighted by atomic mass is 9.74. The summed E-state index contributed by atoms with van der Waals surface area (Å²) in [5, 5.41) is 23.6. The van der Waals surface area contributed by atoms with Crippen molar-refractivity contribution < 1.29 is 5.11 Å². The molecule has 2 atom stereocenters. The second-order valence-electron chi connectivity index (χ2n) is 6.07. The fourth-order valence-electron chi connectivity index (χ4n) is 3.72. The molecule has 0 amide bonds. The third-order valence-corrected chi connectivity index (χ3v) is 4.49. The van der Waals surface area contributed by atoms with Gasteiger partial charge in [0.05, 0.1) is 17.2 Å². The highest BCUT2D eigenvalue weighted by atomic mass is 16.3. The van der Waals surface area contributed by atoms with Crippen LogP contribution in [0.25, 0.3) is 0 Å². The normalized spacial score (nSPS) is 33.7. The number of nitrogens with one attached hydrogen (secondary N) is 1. The first-order chi connectivity index (χ1) is 9.18. The fraction of sp³-hybridized carbons (Fsp3) is 0.562. The Morgan fingerprint density at radius 1 is 1.26 bits per heavy atom. The van der Waals surface area contributed by atoms with E-state index in [2.05, 4.69) is 11.4 Å². The Morgan fingerprint density at radius 2 is 1.95 bits per heavy atom. The van der Waals surface area contributed by atoms with Crippen molar-refractivity contribution in [3.63, 3.8) is 0 Å². The van der Waals surface area contributed by atoms with Gasteiger partial charge in [0.25, 0.3) is 0 Å². The molecule has 2 N–H and O–H groups in total. The zero-order valence-corrected chi connectivity index (χ0v) is 11.1. The van der Waals surface area contributed by atoms with Crippen LogP contribution in [0.2, 0.25) is 0 Å². The van der Waals surface area contributed by atoms with Crippen LogP contribution in [0.5, 0.6) is 0 Å². The Kier molecular flexibility index (Phi) is 3.30. The maximum Gasteiger partial charge on any atom is 0.0994 e. The van der Waals surface area contributed by atoms with Crippen molar-refractivity contribution in [3.8, 4) is 6.07 Å². The lowest BCUT2D eigenvalue weighted by Gasteiger charge is -2.45. The third-order valence-electron chi connectivity index (χ3n) is 4.49. The summed E-state index contributed by atoms with van der Waals surface area (Å²) in [6.07, 6.45) is 5.82. The van der Waals surface area contributed by atoms with Gasteiger partial charge in [-0.25, -0.2) is 0 Å². The molecular formula is C16H20N2O. The van der Waals surface area contributed by atoms with Crippen molar-refractivity contribution in [1.29, 1.82) is 5.26 Å². The van der Waals surface area contributed by atoms with E-state index in [4.69, 9.17) is 5.26 Å². The minimum absolute atomic E-state index is 0.451. The molecule has 0 saturated carbocycles. The van der Waals surface area contributed by atoms with Gasteiger partial charge < -0.3 is 10.4 Å². The van der Waals surface area contributed by atoms with E-state index < -0.39 is 5.60 Å². The standard InChI is InChI=1S/C16H20N2O/c17-11-13-5-2-1-4-12(13)8-16(19)9-14-6-3-7-15(10-16)18-14/h1-2,4-5,14-15,18-19H,3,6-10H2. The summed E-state index contributed by atoms with van der Waals surface area (Å²) in [4.78, 5) is 0. The molecule has 2 bridgehead atoms. The molecule has 2 aliphatic heterocycles. The van der Waals surface area contributed by atoms with Crippen LogP contribution >= 0.6 is 0 Å². The van der Waals surface area contributed by atoms with Crippen molar-refractivity contribution in [2.45, 2.75) is 56.2 Å². The molecular weight excluding hydrogens is 236 g/mol. The maximum absolute atomic E-state index is 10.9. The van der Waals surface area contributed by atoms with Crippen molar-refractivity contribution in [2.75, 3.05) is 0 Å². The number of rotatable bonds is 2. The highest BCUT2D eigenvalue weighted by Gasteiger charge is 2.40. The van der Waals surface area contributed by atoms with Gasteiger partial charge >= 0.3 is 0 Å². The lowest BCUT2D eigenvalue weighted by molar-refractivity contribution is -0.0303. The summed E-state index contributed by atoms with van der Waals surface area (Å²) in [6.45, 7) is 0. The number of hydrogen-bond acceptors (Lipinski definition) is 3. The van der Waals surface area contributed by atoms with E-state index in [0.29, 0.717) is 24.1 Å². The Morgan fingerprint density at radius 3 is 2.63 bits per heavy atom. The summed E-state index contributed by atoms with van der Waals surface area (Å²) in [6, 6.07) is 10.8. The molecule has 100 valence electrons. The van der Waals surface area contributed by atoms with Crippen LogP contribution in [0, 0.1) is 11.3 Å². The van der Waals surface area contributed by atoms with Gasteiger partial charge in [0.2, 0.25) is 0 Å². The van der Waals surface area contributed by atoms with E-state index in [1.165, 1.54) is 19.3 Å². The SMILES string of the molecule is N#Cc1ccccc1CC1(O)CC2CCCC(C1)N2. The Hall–Kier alpha value is -1.37. The average Bonchev–Trinajstić information content (AvgIpc) is 2.38. The zero-order valence-electron chi connectivity index (χ0n) is 11.1. The van der Waals surface area contributed by atoms with Crippen LogP contribution < -0.4 is 5.32 Å². The molecule has 0 aliphatic carbocycles. The molecule has 2 unspecified atom stereocenters. The van der Waals surface area contributed by atoms with Crippen LogP contribution in [-0.2, 0) is 6.42 Å². The molecule has 3 nitrogen and oxygen atoms in total. The van der Waals surface area contributed by atoms with Crippen LogP contribution in [0.1, 0.15) is 43.2 Å². The predicted molar refractivity (Wildman–Crippen MR) is 73.6 cm³/mol. The number of nitrogens with zero attached hydrogens (tertiary/aromatic N) is 1. The van der Waals surface area contributed by atoms with Crippen LogP contribution in [0.4, 0.5) is 0 Å². The van der Waals surface area contributed by atoms with E-state index in [9.17, 15) is 5.11 Å². The molecule has 2 aliphatic rings. The summed E-state index contributed by atoms with van der Waals surface area (Å²) >= 11 is 0. The zero-order chi connectivity index (χ0) is 13.3. The topological polar surface area (TPSA) is 56.0 Å². The minimum atomic E-state index is -0.645. The van der Waals surface area contributed by atoms with E-state index in [1.54, 1.807) is 0 Å². The van der Waals surface area contributed by atoms with Gasteiger partial charge in [-0.3, -0.25) is 0 Å². The Bertz CT molecular complexity index is 494. The Balaban J connectivity index is 1.80. The molecule has 2 fully saturated rings. The number of aliphatic hydroxyl groups is 1. The number of nitriles is 1. The molecule has 3 rings (SSSR count). The van der Waals surface area contributed by atoms with Crippen molar-refractivity contribution in [3.05, 3.63) is 35.4 Å². The Labute approximate surface area is 114 Å². The highest BCUT2D eigenvalue weighted by molar-refractivity contribution is 5.38. The summed E-state index contributed by atoms with van der Waals surface area (Å²) in [7, 11) is 0. The second kappa shape index (κ2) is 4.96. The van der Waals surface area contributed by atoms with Crippen molar-refractivity contribution >= 4 is 0 Å². The van der Waals surface area contributed by atoms with Gasteiger partial charge in [-0.05, 0) is 37.3 Å². The van der Waals surface area contributed by atoms with Gasteiger partial charge in [-0.1, -0.05) is 24.6 Å². The quantitative estimate of drug-likeness (QED) is 0.852. The molecule has 0 aromatic heterocycles. The molecule has 0 radical (unpaired) electrons. The highest BCUT2D eigenvalue weighted by Crippen LogP contribution is 2.35. The van der Waals surface area contributed by atoms with Gasteiger partial charge in [0.1, 0.15) is 0 Å². The van der Waals surface area contributed by atoms with Crippen LogP contribution in [0.15, 0.2) is 24.3 Å². The number of hydrogen-bond donors (Lipinski definition) is 2. The van der Waals surface area contributed by atoms with E-state index in [-0.39, 0.29) is 0 Å². The molecule has 2 heterocycles. The number of piperidine rings is 2. The first-order valence-electron chi connectivity index (χ1n) is 7.15. The summed E-state index contributed by atoms with van der Waals surface area (Å²) < 4.78 is 0. The number of fused-ring (bicyclic) bond motifs is 2. The third kappa shape index (κ3) is 2.65. The molecule has 1 aromatic rings. The molecule has 2 saturated heterocycles. The second-order valence-corrected chi connectivity index (χ2v) is 6.07. The van der Waals surface area contributed by atoms with Crippen molar-refractivity contribution in [1.82, 2.24) is 5.32 Å².